The molecule has 0 aliphatic carbocycles. The van der Waals surface area contributed by atoms with Crippen LogP contribution in [0.5, 0.6) is 11.5 Å². The Morgan fingerprint density at radius 3 is 2.26 bits per heavy atom. The zero-order chi connectivity index (χ0) is 33.6. The van der Waals surface area contributed by atoms with E-state index in [9.17, 15) is 19.2 Å². The Bertz CT molecular complexity index is 1590. The van der Waals surface area contributed by atoms with Crippen molar-refractivity contribution in [3.05, 3.63) is 64.0 Å². The van der Waals surface area contributed by atoms with E-state index in [1.165, 1.54) is 44.4 Å². The Labute approximate surface area is 276 Å². The number of amides is 3. The van der Waals surface area contributed by atoms with E-state index in [1.807, 2.05) is 33.8 Å². The van der Waals surface area contributed by atoms with Crippen molar-refractivity contribution in [1.29, 1.82) is 0 Å². The molecule has 11 nitrogen and oxygen atoms in total. The summed E-state index contributed by atoms with van der Waals surface area (Å²) in [6, 6.07) is 12.3. The number of fused-ring (bicyclic) bond motifs is 1. The number of hydrogen-bond donors (Lipinski definition) is 2. The first-order chi connectivity index (χ1) is 21.9. The summed E-state index contributed by atoms with van der Waals surface area (Å²) in [5.74, 6) is -0.472. The standard InChI is InChI=1S/C33H39N3O8S2/c1-8-24(45-20-12-9-11-19(17-20)34-29(38)27-22(41-5)13-10-14-23(27)42-6)28(37)35-30-26(31(39)43-7)21-15-16-36(18-25(21)46-30)32(40)44-33(2,3)4/h9-14,17,24H,8,15-16,18H2,1-7H3,(H,34,38)(H,35,37). The number of methoxy groups -OCH3 is 3. The lowest BCUT2D eigenvalue weighted by Gasteiger charge is -2.30. The number of thioether (sulfide) groups is 1. The largest absolute Gasteiger partial charge is 0.496 e. The molecule has 2 heterocycles. The van der Waals surface area contributed by atoms with Gasteiger partial charge in [0.25, 0.3) is 5.91 Å². The molecule has 0 bridgehead atoms. The van der Waals surface area contributed by atoms with Crippen LogP contribution in [0.25, 0.3) is 0 Å². The van der Waals surface area contributed by atoms with Crippen molar-refractivity contribution in [3.8, 4) is 11.5 Å². The van der Waals surface area contributed by atoms with Gasteiger partial charge in [-0.15, -0.1) is 23.1 Å². The Kier molecular flexibility index (Phi) is 11.2. The third-order valence-electron chi connectivity index (χ3n) is 7.02. The van der Waals surface area contributed by atoms with Gasteiger partial charge in [-0.25, -0.2) is 9.59 Å². The number of rotatable bonds is 10. The molecule has 1 unspecified atom stereocenters. The number of anilines is 2. The van der Waals surface area contributed by atoms with Crippen LogP contribution in [-0.4, -0.2) is 67.5 Å². The highest BCUT2D eigenvalue weighted by molar-refractivity contribution is 8.00. The Balaban J connectivity index is 1.50. The summed E-state index contributed by atoms with van der Waals surface area (Å²) in [4.78, 5) is 55.5. The summed E-state index contributed by atoms with van der Waals surface area (Å²) in [6.07, 6.45) is 0.493. The van der Waals surface area contributed by atoms with Crippen LogP contribution in [0.15, 0.2) is 47.4 Å². The highest BCUT2D eigenvalue weighted by atomic mass is 32.2. The molecule has 3 amide bonds. The summed E-state index contributed by atoms with van der Waals surface area (Å²) in [5.41, 5.74) is 1.25. The number of ether oxygens (including phenoxy) is 4. The molecule has 1 atom stereocenters. The van der Waals surface area contributed by atoms with Crippen LogP contribution >= 0.6 is 23.1 Å². The van der Waals surface area contributed by atoms with Crippen molar-refractivity contribution in [1.82, 2.24) is 4.90 Å². The number of thiophene rings is 1. The fourth-order valence-electron chi connectivity index (χ4n) is 4.89. The Morgan fingerprint density at radius 2 is 1.65 bits per heavy atom. The van der Waals surface area contributed by atoms with Crippen molar-refractivity contribution in [3.63, 3.8) is 0 Å². The molecular formula is C33H39N3O8S2. The lowest BCUT2D eigenvalue weighted by Crippen LogP contribution is -2.39. The molecule has 0 fully saturated rings. The minimum atomic E-state index is -0.635. The van der Waals surface area contributed by atoms with Gasteiger partial charge in [0.05, 0.1) is 38.7 Å². The molecule has 0 saturated carbocycles. The van der Waals surface area contributed by atoms with Gasteiger partial charge in [-0.3, -0.25) is 9.59 Å². The van der Waals surface area contributed by atoms with E-state index in [-0.39, 0.29) is 18.0 Å². The number of hydrogen-bond acceptors (Lipinski definition) is 10. The molecule has 2 N–H and O–H groups in total. The summed E-state index contributed by atoms with van der Waals surface area (Å²) < 4.78 is 21.3. The van der Waals surface area contributed by atoms with Crippen molar-refractivity contribution in [2.45, 2.75) is 62.8 Å². The van der Waals surface area contributed by atoms with Crippen molar-refractivity contribution < 1.29 is 38.1 Å². The number of carbonyl (C=O) groups excluding carboxylic acids is 4. The average Bonchev–Trinajstić information content (AvgIpc) is 3.38. The van der Waals surface area contributed by atoms with Crippen LogP contribution in [-0.2, 0) is 27.2 Å². The molecule has 1 aromatic heterocycles. The Hall–Kier alpha value is -4.23. The number of carbonyl (C=O) groups is 4. The van der Waals surface area contributed by atoms with E-state index in [0.29, 0.717) is 47.1 Å². The predicted octanol–water partition coefficient (Wildman–Crippen LogP) is 6.61. The second-order valence-electron chi connectivity index (χ2n) is 11.4. The number of nitrogens with zero attached hydrogens (tertiary/aromatic N) is 1. The summed E-state index contributed by atoms with van der Waals surface area (Å²) in [5, 5.41) is 5.72. The van der Waals surface area contributed by atoms with E-state index in [1.54, 1.807) is 41.3 Å². The second-order valence-corrected chi connectivity index (χ2v) is 13.8. The van der Waals surface area contributed by atoms with Gasteiger partial charge in [0, 0.05) is 22.0 Å². The van der Waals surface area contributed by atoms with E-state index in [2.05, 4.69) is 10.6 Å². The molecular weight excluding hydrogens is 631 g/mol. The first kappa shape index (κ1) is 34.6. The van der Waals surface area contributed by atoms with Gasteiger partial charge in [0.2, 0.25) is 5.91 Å². The lowest BCUT2D eigenvalue weighted by molar-refractivity contribution is -0.115. The van der Waals surface area contributed by atoms with Crippen molar-refractivity contribution in [2.24, 2.45) is 0 Å². The van der Waals surface area contributed by atoms with Gasteiger partial charge >= 0.3 is 12.1 Å². The number of benzene rings is 2. The highest BCUT2D eigenvalue weighted by Gasteiger charge is 2.33. The van der Waals surface area contributed by atoms with Gasteiger partial charge in [0.15, 0.2) is 0 Å². The maximum Gasteiger partial charge on any atom is 0.410 e. The first-order valence-electron chi connectivity index (χ1n) is 14.7. The van der Waals surface area contributed by atoms with Gasteiger partial charge < -0.3 is 34.5 Å². The lowest BCUT2D eigenvalue weighted by atomic mass is 10.0. The molecule has 0 radical (unpaired) electrons. The van der Waals surface area contributed by atoms with Crippen LogP contribution in [0, 0.1) is 0 Å². The molecule has 13 heteroatoms. The average molecular weight is 670 g/mol. The smallest absolute Gasteiger partial charge is 0.410 e. The molecule has 0 spiro atoms. The van der Waals surface area contributed by atoms with Crippen LogP contribution in [0.1, 0.15) is 65.3 Å². The molecule has 1 aliphatic heterocycles. The van der Waals surface area contributed by atoms with Gasteiger partial charge in [-0.2, -0.15) is 0 Å². The maximum atomic E-state index is 13.6. The molecule has 4 rings (SSSR count). The molecule has 3 aromatic rings. The van der Waals surface area contributed by atoms with Crippen LogP contribution in [0.3, 0.4) is 0 Å². The second kappa shape index (κ2) is 14.9. The molecule has 246 valence electrons. The zero-order valence-corrected chi connectivity index (χ0v) is 28.6. The number of esters is 1. The van der Waals surface area contributed by atoms with Gasteiger partial charge in [-0.1, -0.05) is 19.1 Å². The summed E-state index contributed by atoms with van der Waals surface area (Å²) in [6.45, 7) is 7.96. The van der Waals surface area contributed by atoms with E-state index in [0.717, 1.165) is 15.3 Å². The number of nitrogens with one attached hydrogen (secondary N) is 2. The van der Waals surface area contributed by atoms with Crippen molar-refractivity contribution >= 4 is 57.7 Å². The molecule has 0 saturated heterocycles. The minimum absolute atomic E-state index is 0.264. The quantitative estimate of drug-likeness (QED) is 0.181. The monoisotopic (exact) mass is 669 g/mol. The Morgan fingerprint density at radius 1 is 0.978 bits per heavy atom. The fraction of sp³-hybridized carbons (Fsp3) is 0.394. The van der Waals surface area contributed by atoms with Gasteiger partial charge in [0.1, 0.15) is 27.7 Å². The third-order valence-corrected chi connectivity index (χ3v) is 9.51. The maximum absolute atomic E-state index is 13.6. The minimum Gasteiger partial charge on any atom is -0.496 e. The first-order valence-corrected chi connectivity index (χ1v) is 16.4. The van der Waals surface area contributed by atoms with E-state index in [4.69, 9.17) is 18.9 Å². The molecule has 46 heavy (non-hydrogen) atoms. The van der Waals surface area contributed by atoms with E-state index >= 15 is 0 Å². The van der Waals surface area contributed by atoms with Crippen LogP contribution in [0.2, 0.25) is 0 Å². The fourth-order valence-corrected chi connectivity index (χ4v) is 7.15. The van der Waals surface area contributed by atoms with Crippen LogP contribution < -0.4 is 20.1 Å². The topological polar surface area (TPSA) is 132 Å². The van der Waals surface area contributed by atoms with E-state index < -0.39 is 28.8 Å². The van der Waals surface area contributed by atoms with Crippen LogP contribution in [0.4, 0.5) is 15.5 Å². The zero-order valence-electron chi connectivity index (χ0n) is 27.0. The SMILES string of the molecule is CCC(Sc1cccc(NC(=O)c2c(OC)cccc2OC)c1)C(=O)Nc1sc2c(c1C(=O)OC)CCN(C(=O)OC(C)(C)C)C2. The van der Waals surface area contributed by atoms with Crippen molar-refractivity contribution in [2.75, 3.05) is 38.5 Å². The highest BCUT2D eigenvalue weighted by Crippen LogP contribution is 2.39. The van der Waals surface area contributed by atoms with Gasteiger partial charge in [-0.05, 0) is 69.5 Å². The molecule has 2 aromatic carbocycles. The summed E-state index contributed by atoms with van der Waals surface area (Å²) in [7, 11) is 4.27. The normalized spacial score (nSPS) is 13.2. The summed E-state index contributed by atoms with van der Waals surface area (Å²) >= 11 is 2.60. The third kappa shape index (κ3) is 8.13. The molecule has 1 aliphatic rings. The predicted molar refractivity (Wildman–Crippen MR) is 179 cm³/mol.